The zero-order valence-corrected chi connectivity index (χ0v) is 15.2. The van der Waals surface area contributed by atoms with Crippen molar-refractivity contribution in [3.63, 3.8) is 0 Å². The van der Waals surface area contributed by atoms with E-state index >= 15 is 0 Å². The molecular weight excluding hydrogens is 378 g/mol. The van der Waals surface area contributed by atoms with E-state index in [1.54, 1.807) is 11.8 Å². The highest BCUT2D eigenvalue weighted by atomic mass is 32.2. The third-order valence-corrected chi connectivity index (χ3v) is 6.10. The molecule has 1 unspecified atom stereocenters. The second kappa shape index (κ2) is 6.95. The van der Waals surface area contributed by atoms with Gasteiger partial charge in [0.05, 0.1) is 22.1 Å². The number of hydrogen-bond acceptors (Lipinski definition) is 8. The van der Waals surface area contributed by atoms with Gasteiger partial charge in [0.2, 0.25) is 5.69 Å². The standard InChI is InChI=1S/C15H17N5O6S/c1-2-18(12-7-8-27(25,26)9-12)14-13(15(21)22)16-19(17-14)10-3-5-11(6-4-10)20(23)24/h3-6,12H,2,7-9H2,1H3,(H,21,22). The van der Waals surface area contributed by atoms with Crippen molar-refractivity contribution in [1.29, 1.82) is 0 Å². The average molecular weight is 395 g/mol. The number of nitrogens with zero attached hydrogens (tertiary/aromatic N) is 5. The minimum atomic E-state index is -3.16. The Labute approximate surface area is 154 Å². The van der Waals surface area contributed by atoms with Crippen LogP contribution < -0.4 is 4.90 Å². The van der Waals surface area contributed by atoms with Crippen LogP contribution in [0.5, 0.6) is 0 Å². The van der Waals surface area contributed by atoms with Crippen LogP contribution >= 0.6 is 0 Å². The van der Waals surface area contributed by atoms with Gasteiger partial charge >= 0.3 is 5.97 Å². The second-order valence-corrected chi connectivity index (χ2v) is 8.31. The van der Waals surface area contributed by atoms with Crippen molar-refractivity contribution in [3.05, 3.63) is 40.1 Å². The number of aromatic carboxylic acids is 1. The Hall–Kier alpha value is -3.02. The first-order valence-corrected chi connectivity index (χ1v) is 9.96. The van der Waals surface area contributed by atoms with Gasteiger partial charge in [0.15, 0.2) is 15.7 Å². The highest BCUT2D eigenvalue weighted by Gasteiger charge is 2.35. The maximum absolute atomic E-state index is 11.8. The SMILES string of the molecule is CCN(c1nn(-c2ccc([N+](=O)[O-])cc2)nc1C(=O)O)C1CCS(=O)(=O)C1. The van der Waals surface area contributed by atoms with Gasteiger partial charge < -0.3 is 10.0 Å². The fourth-order valence-corrected chi connectivity index (χ4v) is 4.79. The van der Waals surface area contributed by atoms with E-state index in [2.05, 4.69) is 10.2 Å². The smallest absolute Gasteiger partial charge is 0.360 e. The largest absolute Gasteiger partial charge is 0.476 e. The molecule has 1 fully saturated rings. The zero-order chi connectivity index (χ0) is 19.8. The second-order valence-electron chi connectivity index (χ2n) is 6.08. The molecule has 0 amide bonds. The van der Waals surface area contributed by atoms with Crippen molar-refractivity contribution < 1.29 is 23.2 Å². The highest BCUT2D eigenvalue weighted by Crippen LogP contribution is 2.26. The van der Waals surface area contributed by atoms with Crippen LogP contribution in [0.1, 0.15) is 23.8 Å². The van der Waals surface area contributed by atoms with Crippen molar-refractivity contribution in [2.45, 2.75) is 19.4 Å². The summed E-state index contributed by atoms with van der Waals surface area (Å²) in [5.41, 5.74) is -0.0696. The zero-order valence-electron chi connectivity index (χ0n) is 14.3. The average Bonchev–Trinajstić information content (AvgIpc) is 3.20. The lowest BCUT2D eigenvalue weighted by Crippen LogP contribution is -2.37. The van der Waals surface area contributed by atoms with Gasteiger partial charge in [-0.2, -0.15) is 0 Å². The molecule has 1 N–H and O–H groups in total. The Balaban J connectivity index is 2.00. The van der Waals surface area contributed by atoms with Crippen LogP contribution in [0, 0.1) is 10.1 Å². The predicted molar refractivity (Wildman–Crippen MR) is 95.1 cm³/mol. The summed E-state index contributed by atoms with van der Waals surface area (Å²) in [6.45, 7) is 2.14. The molecule has 3 rings (SSSR count). The lowest BCUT2D eigenvalue weighted by molar-refractivity contribution is -0.384. The number of nitro groups is 1. The van der Waals surface area contributed by atoms with E-state index in [9.17, 15) is 28.4 Å². The molecule has 0 radical (unpaired) electrons. The van der Waals surface area contributed by atoms with Crippen molar-refractivity contribution in [2.75, 3.05) is 23.0 Å². The molecule has 11 nitrogen and oxygen atoms in total. The molecule has 0 saturated carbocycles. The molecule has 2 heterocycles. The molecular formula is C15H17N5O6S. The number of carbonyl (C=O) groups is 1. The first-order valence-electron chi connectivity index (χ1n) is 8.14. The minimum absolute atomic E-state index is 0.0487. The molecule has 1 saturated heterocycles. The van der Waals surface area contributed by atoms with Crippen molar-refractivity contribution >= 4 is 27.3 Å². The summed E-state index contributed by atoms with van der Waals surface area (Å²) in [6.07, 6.45) is 0.389. The molecule has 1 aliphatic rings. The maximum atomic E-state index is 11.8. The number of carboxylic acid groups (broad SMARTS) is 1. The van der Waals surface area contributed by atoms with Crippen LogP contribution in [0.3, 0.4) is 0 Å². The first kappa shape index (κ1) is 18.8. The predicted octanol–water partition coefficient (Wildman–Crippen LogP) is 0.887. The van der Waals surface area contributed by atoms with Gasteiger partial charge in [-0.05, 0) is 25.5 Å². The van der Waals surface area contributed by atoms with Crippen LogP contribution in [0.2, 0.25) is 0 Å². The Kier molecular flexibility index (Phi) is 4.83. The van der Waals surface area contributed by atoms with Crippen LogP contribution in [-0.2, 0) is 9.84 Å². The molecule has 27 heavy (non-hydrogen) atoms. The topological polar surface area (TPSA) is 149 Å². The molecule has 2 aromatic rings. The number of non-ortho nitro benzene ring substituents is 1. The Morgan fingerprint density at radius 2 is 2.04 bits per heavy atom. The summed E-state index contributed by atoms with van der Waals surface area (Å²) in [4.78, 5) is 24.5. The van der Waals surface area contributed by atoms with E-state index in [1.165, 1.54) is 24.3 Å². The molecule has 1 atom stereocenters. The van der Waals surface area contributed by atoms with Gasteiger partial charge in [-0.3, -0.25) is 10.1 Å². The van der Waals surface area contributed by atoms with Crippen LogP contribution in [-0.4, -0.2) is 63.5 Å². The molecule has 0 spiro atoms. The molecule has 1 aromatic heterocycles. The van der Waals surface area contributed by atoms with Crippen LogP contribution in [0.15, 0.2) is 24.3 Å². The van der Waals surface area contributed by atoms with Crippen molar-refractivity contribution in [2.24, 2.45) is 0 Å². The Bertz CT molecular complexity index is 985. The number of aromatic nitrogens is 3. The lowest BCUT2D eigenvalue weighted by Gasteiger charge is -2.26. The molecule has 0 bridgehead atoms. The summed E-state index contributed by atoms with van der Waals surface area (Å²) in [6, 6.07) is 4.97. The van der Waals surface area contributed by atoms with Gasteiger partial charge in [0.1, 0.15) is 0 Å². The van der Waals surface area contributed by atoms with Gasteiger partial charge in [-0.1, -0.05) is 0 Å². The summed E-state index contributed by atoms with van der Waals surface area (Å²) in [5, 5.41) is 28.4. The van der Waals surface area contributed by atoms with Gasteiger partial charge in [0.25, 0.3) is 5.69 Å². The summed E-state index contributed by atoms with van der Waals surface area (Å²) >= 11 is 0. The number of anilines is 1. The van der Waals surface area contributed by atoms with Gasteiger partial charge in [-0.25, -0.2) is 13.2 Å². The fourth-order valence-electron chi connectivity index (χ4n) is 3.06. The lowest BCUT2D eigenvalue weighted by atomic mass is 10.2. The molecule has 12 heteroatoms. The monoisotopic (exact) mass is 395 g/mol. The minimum Gasteiger partial charge on any atom is -0.476 e. The van der Waals surface area contributed by atoms with E-state index in [0.717, 1.165) is 4.80 Å². The third-order valence-electron chi connectivity index (χ3n) is 4.35. The van der Waals surface area contributed by atoms with E-state index in [0.29, 0.717) is 18.7 Å². The van der Waals surface area contributed by atoms with E-state index in [1.807, 2.05) is 0 Å². The number of nitro benzene ring substituents is 1. The Morgan fingerprint density at radius 1 is 1.37 bits per heavy atom. The fraction of sp³-hybridized carbons (Fsp3) is 0.400. The summed E-state index contributed by atoms with van der Waals surface area (Å²) in [5.74, 6) is -1.24. The number of hydrogen-bond donors (Lipinski definition) is 1. The maximum Gasteiger partial charge on any atom is 0.360 e. The van der Waals surface area contributed by atoms with Gasteiger partial charge in [0, 0.05) is 24.7 Å². The molecule has 144 valence electrons. The van der Waals surface area contributed by atoms with E-state index < -0.39 is 20.7 Å². The van der Waals surface area contributed by atoms with Gasteiger partial charge in [-0.15, -0.1) is 15.0 Å². The highest BCUT2D eigenvalue weighted by molar-refractivity contribution is 7.91. The third kappa shape index (κ3) is 3.74. The molecule has 1 aromatic carbocycles. The molecule has 0 aliphatic carbocycles. The normalized spacial score (nSPS) is 18.3. The summed E-state index contributed by atoms with van der Waals surface area (Å²) < 4.78 is 23.6. The van der Waals surface area contributed by atoms with Crippen molar-refractivity contribution in [3.8, 4) is 5.69 Å². The number of benzene rings is 1. The van der Waals surface area contributed by atoms with E-state index in [4.69, 9.17) is 0 Å². The molecule has 1 aliphatic heterocycles. The van der Waals surface area contributed by atoms with Crippen LogP contribution in [0.25, 0.3) is 5.69 Å². The van der Waals surface area contributed by atoms with E-state index in [-0.39, 0.29) is 34.7 Å². The van der Waals surface area contributed by atoms with Crippen molar-refractivity contribution in [1.82, 2.24) is 15.0 Å². The quantitative estimate of drug-likeness (QED) is 0.555. The van der Waals surface area contributed by atoms with Crippen LogP contribution in [0.4, 0.5) is 11.5 Å². The first-order chi connectivity index (χ1) is 12.7. The number of carboxylic acids is 1. The summed E-state index contributed by atoms with van der Waals surface area (Å²) in [7, 11) is -3.16. The number of rotatable bonds is 6. The Morgan fingerprint density at radius 3 is 2.52 bits per heavy atom. The number of sulfone groups is 1.